The molecular weight excluding hydrogens is 328 g/mol. The molecule has 0 aliphatic rings. The standard InChI is InChI=1S/C17H16N2O4S/c1-3-11-6-7-12-14(9-11)24-17(19(12)10-15(20)22-2)18-16(21)13-5-4-8-23-13/h4-9H,3,10H2,1-2H3. The normalized spacial score (nSPS) is 11.8. The molecule has 7 heteroatoms. The maximum atomic E-state index is 12.2. The van der Waals surface area contributed by atoms with E-state index in [-0.39, 0.29) is 12.3 Å². The first-order valence-electron chi connectivity index (χ1n) is 7.44. The van der Waals surface area contributed by atoms with Gasteiger partial charge in [0, 0.05) is 0 Å². The van der Waals surface area contributed by atoms with Crippen molar-refractivity contribution in [2.24, 2.45) is 4.99 Å². The lowest BCUT2D eigenvalue weighted by Crippen LogP contribution is -2.22. The van der Waals surface area contributed by atoms with Gasteiger partial charge in [-0.05, 0) is 36.2 Å². The van der Waals surface area contributed by atoms with E-state index in [0.29, 0.717) is 4.80 Å². The van der Waals surface area contributed by atoms with Gasteiger partial charge in [-0.2, -0.15) is 4.99 Å². The van der Waals surface area contributed by atoms with Crippen molar-refractivity contribution in [2.45, 2.75) is 19.9 Å². The fraction of sp³-hybridized carbons (Fsp3) is 0.235. The van der Waals surface area contributed by atoms with Gasteiger partial charge >= 0.3 is 11.9 Å². The molecule has 0 saturated carbocycles. The summed E-state index contributed by atoms with van der Waals surface area (Å²) >= 11 is 1.36. The molecule has 2 heterocycles. The summed E-state index contributed by atoms with van der Waals surface area (Å²) in [5.41, 5.74) is 2.02. The number of amides is 1. The number of carbonyl (C=O) groups is 2. The number of furan rings is 1. The van der Waals surface area contributed by atoms with E-state index in [1.54, 1.807) is 16.7 Å². The van der Waals surface area contributed by atoms with Crippen LogP contribution in [0, 0.1) is 0 Å². The molecule has 0 bridgehead atoms. The van der Waals surface area contributed by atoms with Crippen LogP contribution in [0.25, 0.3) is 10.2 Å². The number of ether oxygens (including phenoxy) is 1. The molecule has 0 aliphatic heterocycles. The lowest BCUT2D eigenvalue weighted by Gasteiger charge is -2.04. The number of aromatic nitrogens is 1. The van der Waals surface area contributed by atoms with Crippen molar-refractivity contribution in [3.05, 3.63) is 52.7 Å². The second-order valence-corrected chi connectivity index (χ2v) is 6.11. The molecule has 0 spiro atoms. The number of esters is 1. The van der Waals surface area contributed by atoms with Crippen LogP contribution in [0.1, 0.15) is 23.0 Å². The molecule has 2 aromatic heterocycles. The minimum atomic E-state index is -0.485. The Labute approximate surface area is 142 Å². The second-order valence-electron chi connectivity index (χ2n) is 5.10. The lowest BCUT2D eigenvalue weighted by atomic mass is 10.2. The molecule has 24 heavy (non-hydrogen) atoms. The first-order valence-corrected chi connectivity index (χ1v) is 8.25. The Morgan fingerprint density at radius 1 is 1.33 bits per heavy atom. The van der Waals surface area contributed by atoms with E-state index in [1.807, 2.05) is 18.2 Å². The summed E-state index contributed by atoms with van der Waals surface area (Å²) in [6, 6.07) is 9.16. The van der Waals surface area contributed by atoms with Crippen LogP contribution in [0.3, 0.4) is 0 Å². The number of nitrogens with zero attached hydrogens (tertiary/aromatic N) is 2. The highest BCUT2D eigenvalue weighted by molar-refractivity contribution is 7.16. The fourth-order valence-electron chi connectivity index (χ4n) is 2.31. The Kier molecular flexibility index (Phi) is 4.61. The monoisotopic (exact) mass is 344 g/mol. The van der Waals surface area contributed by atoms with Gasteiger partial charge in [-0.15, -0.1) is 0 Å². The molecule has 6 nitrogen and oxygen atoms in total. The second kappa shape index (κ2) is 6.84. The molecule has 1 amide bonds. The highest BCUT2D eigenvalue weighted by Crippen LogP contribution is 2.20. The molecule has 0 atom stereocenters. The van der Waals surface area contributed by atoms with Crippen LogP contribution in [0.4, 0.5) is 0 Å². The van der Waals surface area contributed by atoms with Crippen LogP contribution in [-0.4, -0.2) is 23.6 Å². The third-order valence-electron chi connectivity index (χ3n) is 3.60. The molecule has 1 aromatic carbocycles. The quantitative estimate of drug-likeness (QED) is 0.682. The summed E-state index contributed by atoms with van der Waals surface area (Å²) in [5.74, 6) is -0.728. The van der Waals surface area contributed by atoms with Gasteiger partial charge in [0.1, 0.15) is 6.54 Å². The summed E-state index contributed by atoms with van der Waals surface area (Å²) in [6.07, 6.45) is 2.33. The number of rotatable bonds is 4. The SMILES string of the molecule is CCc1ccc2c(c1)sc(=NC(=O)c1ccco1)n2CC(=O)OC. The van der Waals surface area contributed by atoms with Crippen molar-refractivity contribution in [3.63, 3.8) is 0 Å². The molecule has 0 aliphatic carbocycles. The van der Waals surface area contributed by atoms with Gasteiger partial charge in [-0.25, -0.2) is 0 Å². The maximum absolute atomic E-state index is 12.2. The van der Waals surface area contributed by atoms with Crippen LogP contribution >= 0.6 is 11.3 Å². The van der Waals surface area contributed by atoms with E-state index >= 15 is 0 Å². The van der Waals surface area contributed by atoms with E-state index in [4.69, 9.17) is 9.15 Å². The minimum Gasteiger partial charge on any atom is -0.468 e. The number of carbonyl (C=O) groups excluding carboxylic acids is 2. The third kappa shape index (κ3) is 3.16. The predicted octanol–water partition coefficient (Wildman–Crippen LogP) is 2.77. The Hall–Kier alpha value is -2.67. The van der Waals surface area contributed by atoms with Gasteiger partial charge in [-0.1, -0.05) is 24.3 Å². The number of aryl methyl sites for hydroxylation is 1. The van der Waals surface area contributed by atoms with E-state index in [1.165, 1.54) is 30.3 Å². The van der Waals surface area contributed by atoms with Crippen molar-refractivity contribution in [1.82, 2.24) is 4.57 Å². The van der Waals surface area contributed by atoms with Crippen LogP contribution in [0.15, 0.2) is 46.0 Å². The molecule has 3 aromatic rings. The zero-order chi connectivity index (χ0) is 17.1. The molecule has 0 unspecified atom stereocenters. The number of methoxy groups -OCH3 is 1. The third-order valence-corrected chi connectivity index (χ3v) is 4.64. The average molecular weight is 344 g/mol. The molecule has 124 valence electrons. The van der Waals surface area contributed by atoms with E-state index in [0.717, 1.165) is 16.6 Å². The lowest BCUT2D eigenvalue weighted by molar-refractivity contribution is -0.141. The smallest absolute Gasteiger partial charge is 0.325 e. The topological polar surface area (TPSA) is 73.8 Å². The van der Waals surface area contributed by atoms with Crippen molar-refractivity contribution >= 4 is 33.4 Å². The van der Waals surface area contributed by atoms with Crippen molar-refractivity contribution in [1.29, 1.82) is 0 Å². The summed E-state index contributed by atoms with van der Waals surface area (Å²) in [7, 11) is 1.33. The first kappa shape index (κ1) is 16.2. The zero-order valence-electron chi connectivity index (χ0n) is 13.3. The molecule has 0 N–H and O–H groups in total. The Morgan fingerprint density at radius 3 is 2.83 bits per heavy atom. The molecule has 0 radical (unpaired) electrons. The van der Waals surface area contributed by atoms with Crippen LogP contribution in [0.2, 0.25) is 0 Å². The average Bonchev–Trinajstić information content (AvgIpc) is 3.23. The van der Waals surface area contributed by atoms with Gasteiger partial charge < -0.3 is 13.7 Å². The Bertz CT molecular complexity index is 951. The molecule has 0 saturated heterocycles. The van der Waals surface area contributed by atoms with Crippen molar-refractivity contribution < 1.29 is 18.7 Å². The number of benzene rings is 1. The number of hydrogen-bond donors (Lipinski definition) is 0. The summed E-state index contributed by atoms with van der Waals surface area (Å²) in [4.78, 5) is 28.5. The molecule has 0 fully saturated rings. The Balaban J connectivity index is 2.15. The van der Waals surface area contributed by atoms with E-state index in [9.17, 15) is 9.59 Å². The van der Waals surface area contributed by atoms with Crippen molar-refractivity contribution in [3.8, 4) is 0 Å². The van der Waals surface area contributed by atoms with Gasteiger partial charge in [0.25, 0.3) is 0 Å². The van der Waals surface area contributed by atoms with Crippen LogP contribution < -0.4 is 4.80 Å². The summed E-state index contributed by atoms with van der Waals surface area (Å²) in [6.45, 7) is 2.06. The van der Waals surface area contributed by atoms with Gasteiger partial charge in [0.15, 0.2) is 10.6 Å². The van der Waals surface area contributed by atoms with E-state index in [2.05, 4.69) is 11.9 Å². The highest BCUT2D eigenvalue weighted by atomic mass is 32.1. The number of hydrogen-bond acceptors (Lipinski definition) is 5. The van der Waals surface area contributed by atoms with Crippen LogP contribution in [-0.2, 0) is 22.5 Å². The van der Waals surface area contributed by atoms with E-state index < -0.39 is 11.9 Å². The summed E-state index contributed by atoms with van der Waals surface area (Å²) < 4.78 is 12.5. The van der Waals surface area contributed by atoms with Gasteiger partial charge in [0.2, 0.25) is 0 Å². The fourth-order valence-corrected chi connectivity index (χ4v) is 3.40. The van der Waals surface area contributed by atoms with Crippen LogP contribution in [0.5, 0.6) is 0 Å². The van der Waals surface area contributed by atoms with Gasteiger partial charge in [-0.3, -0.25) is 9.59 Å². The maximum Gasteiger partial charge on any atom is 0.325 e. The van der Waals surface area contributed by atoms with Gasteiger partial charge in [0.05, 0.1) is 23.6 Å². The predicted molar refractivity (Wildman–Crippen MR) is 89.8 cm³/mol. The van der Waals surface area contributed by atoms with Crippen molar-refractivity contribution in [2.75, 3.05) is 7.11 Å². The number of fused-ring (bicyclic) bond motifs is 1. The number of thiazole rings is 1. The zero-order valence-corrected chi connectivity index (χ0v) is 14.1. The highest BCUT2D eigenvalue weighted by Gasteiger charge is 2.13. The summed E-state index contributed by atoms with van der Waals surface area (Å²) in [5, 5.41) is 0. The molecule has 3 rings (SSSR count). The molecular formula is C17H16N2O4S. The minimum absolute atomic E-state index is 0.00770. The first-order chi connectivity index (χ1) is 11.6. The Morgan fingerprint density at radius 2 is 2.17 bits per heavy atom. The largest absolute Gasteiger partial charge is 0.468 e.